The van der Waals surface area contributed by atoms with E-state index in [4.69, 9.17) is 16.3 Å². The second-order valence-electron chi connectivity index (χ2n) is 3.39. The van der Waals surface area contributed by atoms with Gasteiger partial charge in [-0.2, -0.15) is 0 Å². The summed E-state index contributed by atoms with van der Waals surface area (Å²) in [5.74, 6) is -1.63. The number of carbonyl (C=O) groups is 1. The van der Waals surface area contributed by atoms with Crippen molar-refractivity contribution in [3.63, 3.8) is 0 Å². The summed E-state index contributed by atoms with van der Waals surface area (Å²) in [5, 5.41) is 0.000422. The maximum Gasteiger partial charge on any atom is 0.342 e. The molecule has 0 saturated heterocycles. The van der Waals surface area contributed by atoms with Gasteiger partial charge in [0.25, 0.3) is 0 Å². The molecule has 3 nitrogen and oxygen atoms in total. The Bertz CT molecular complexity index is 404. The van der Waals surface area contributed by atoms with E-state index in [9.17, 15) is 9.18 Å². The molecular formula is C11H12ClFO3. The largest absolute Gasteiger partial charge is 0.488 e. The lowest BCUT2D eigenvalue weighted by Gasteiger charge is -2.12. The van der Waals surface area contributed by atoms with E-state index in [1.54, 1.807) is 13.8 Å². The zero-order valence-corrected chi connectivity index (χ0v) is 9.97. The molecule has 0 saturated carbocycles. The molecule has 88 valence electrons. The minimum absolute atomic E-state index is 0.000422. The van der Waals surface area contributed by atoms with E-state index in [-0.39, 0.29) is 22.4 Å². The molecule has 1 aromatic rings. The van der Waals surface area contributed by atoms with Crippen molar-refractivity contribution in [2.45, 2.75) is 20.0 Å². The number of esters is 1. The molecule has 1 rings (SSSR count). The molecule has 0 aromatic heterocycles. The van der Waals surface area contributed by atoms with Gasteiger partial charge in [-0.25, -0.2) is 9.18 Å². The Morgan fingerprint density at radius 1 is 1.44 bits per heavy atom. The highest BCUT2D eigenvalue weighted by Crippen LogP contribution is 2.28. The monoisotopic (exact) mass is 246 g/mol. The average Bonchev–Trinajstić information content (AvgIpc) is 2.21. The first-order chi connectivity index (χ1) is 7.47. The molecule has 0 heterocycles. The van der Waals surface area contributed by atoms with Gasteiger partial charge in [-0.15, -0.1) is 0 Å². The van der Waals surface area contributed by atoms with Crippen LogP contribution in [-0.2, 0) is 4.74 Å². The maximum absolute atomic E-state index is 13.8. The number of methoxy groups -OCH3 is 1. The van der Waals surface area contributed by atoms with E-state index in [1.807, 2.05) is 0 Å². The molecule has 0 aliphatic carbocycles. The SMILES string of the molecule is COC(=O)c1c(Cl)ccc(OC(C)C)c1F. The fourth-order valence-electron chi connectivity index (χ4n) is 1.17. The van der Waals surface area contributed by atoms with Gasteiger partial charge in [0.15, 0.2) is 11.6 Å². The maximum atomic E-state index is 13.8. The van der Waals surface area contributed by atoms with Gasteiger partial charge >= 0.3 is 5.97 Å². The van der Waals surface area contributed by atoms with Crippen LogP contribution in [0.5, 0.6) is 5.75 Å². The molecule has 0 aliphatic heterocycles. The van der Waals surface area contributed by atoms with E-state index in [2.05, 4.69) is 4.74 Å². The summed E-state index contributed by atoms with van der Waals surface area (Å²) < 4.78 is 23.5. The summed E-state index contributed by atoms with van der Waals surface area (Å²) in [6, 6.07) is 2.78. The van der Waals surface area contributed by atoms with Gasteiger partial charge in [-0.05, 0) is 26.0 Å². The third-order valence-electron chi connectivity index (χ3n) is 1.81. The van der Waals surface area contributed by atoms with Crippen LogP contribution in [0.1, 0.15) is 24.2 Å². The first-order valence-electron chi connectivity index (χ1n) is 4.70. The van der Waals surface area contributed by atoms with Crippen molar-refractivity contribution in [3.05, 3.63) is 28.5 Å². The molecule has 0 spiro atoms. The molecule has 0 aliphatic rings. The molecule has 16 heavy (non-hydrogen) atoms. The van der Waals surface area contributed by atoms with E-state index in [0.717, 1.165) is 7.11 Å². The highest BCUT2D eigenvalue weighted by atomic mass is 35.5. The third-order valence-corrected chi connectivity index (χ3v) is 2.12. The van der Waals surface area contributed by atoms with Crippen LogP contribution in [0, 0.1) is 5.82 Å². The Morgan fingerprint density at radius 2 is 2.06 bits per heavy atom. The minimum atomic E-state index is -0.822. The van der Waals surface area contributed by atoms with Crippen LogP contribution in [-0.4, -0.2) is 19.2 Å². The first kappa shape index (κ1) is 12.8. The van der Waals surface area contributed by atoms with Crippen molar-refractivity contribution in [1.29, 1.82) is 0 Å². The van der Waals surface area contributed by atoms with Gasteiger partial charge < -0.3 is 9.47 Å². The van der Waals surface area contributed by atoms with Gasteiger partial charge in [0.2, 0.25) is 0 Å². The van der Waals surface area contributed by atoms with Crippen molar-refractivity contribution >= 4 is 17.6 Å². The first-order valence-corrected chi connectivity index (χ1v) is 5.08. The van der Waals surface area contributed by atoms with Crippen LogP contribution >= 0.6 is 11.6 Å². The van der Waals surface area contributed by atoms with Crippen molar-refractivity contribution < 1.29 is 18.7 Å². The lowest BCUT2D eigenvalue weighted by Crippen LogP contribution is -2.11. The van der Waals surface area contributed by atoms with Crippen LogP contribution < -0.4 is 4.74 Å². The predicted octanol–water partition coefficient (Wildman–Crippen LogP) is 3.05. The van der Waals surface area contributed by atoms with Gasteiger partial charge in [0.1, 0.15) is 5.56 Å². The van der Waals surface area contributed by atoms with Crippen LogP contribution in [0.15, 0.2) is 12.1 Å². The minimum Gasteiger partial charge on any atom is -0.488 e. The lowest BCUT2D eigenvalue weighted by atomic mass is 10.2. The molecule has 0 bridgehead atoms. The third kappa shape index (κ3) is 2.64. The summed E-state index contributed by atoms with van der Waals surface area (Å²) in [5.41, 5.74) is -0.303. The molecule has 0 amide bonds. The van der Waals surface area contributed by atoms with Gasteiger partial charge in [-0.1, -0.05) is 11.6 Å². The Hall–Kier alpha value is -1.29. The van der Waals surface area contributed by atoms with E-state index in [0.29, 0.717) is 0 Å². The fourth-order valence-corrected chi connectivity index (χ4v) is 1.39. The number of ether oxygens (including phenoxy) is 2. The standard InChI is InChI=1S/C11H12ClFO3/c1-6(2)16-8-5-4-7(12)9(10(8)13)11(14)15-3/h4-6H,1-3H3. The summed E-state index contributed by atoms with van der Waals surface area (Å²) >= 11 is 5.72. The molecule has 5 heteroatoms. The molecular weight excluding hydrogens is 235 g/mol. The Morgan fingerprint density at radius 3 is 2.56 bits per heavy atom. The average molecular weight is 247 g/mol. The van der Waals surface area contributed by atoms with Gasteiger partial charge in [0, 0.05) is 0 Å². The lowest BCUT2D eigenvalue weighted by molar-refractivity contribution is 0.0594. The topological polar surface area (TPSA) is 35.5 Å². The van der Waals surface area contributed by atoms with E-state index >= 15 is 0 Å². The van der Waals surface area contributed by atoms with Crippen LogP contribution in [0.3, 0.4) is 0 Å². The second-order valence-corrected chi connectivity index (χ2v) is 3.80. The molecule has 0 fully saturated rings. The van der Waals surface area contributed by atoms with Gasteiger partial charge in [-0.3, -0.25) is 0 Å². The Labute approximate surface area is 98.1 Å². The van der Waals surface area contributed by atoms with Crippen molar-refractivity contribution in [3.8, 4) is 5.75 Å². The molecule has 0 N–H and O–H groups in total. The van der Waals surface area contributed by atoms with Crippen molar-refractivity contribution in [2.24, 2.45) is 0 Å². The van der Waals surface area contributed by atoms with Crippen molar-refractivity contribution in [1.82, 2.24) is 0 Å². The predicted molar refractivity (Wildman–Crippen MR) is 58.5 cm³/mol. The summed E-state index contributed by atoms with van der Waals surface area (Å²) in [7, 11) is 1.16. The second kappa shape index (κ2) is 5.16. The molecule has 0 unspecified atom stereocenters. The summed E-state index contributed by atoms with van der Waals surface area (Å²) in [6.07, 6.45) is -0.193. The summed E-state index contributed by atoms with van der Waals surface area (Å²) in [4.78, 5) is 11.3. The number of hydrogen-bond acceptors (Lipinski definition) is 3. The van der Waals surface area contributed by atoms with Gasteiger partial charge in [0.05, 0.1) is 18.2 Å². The number of benzene rings is 1. The van der Waals surface area contributed by atoms with Crippen LogP contribution in [0.25, 0.3) is 0 Å². The van der Waals surface area contributed by atoms with Crippen LogP contribution in [0.4, 0.5) is 4.39 Å². The van der Waals surface area contributed by atoms with Crippen molar-refractivity contribution in [2.75, 3.05) is 7.11 Å². The summed E-state index contributed by atoms with van der Waals surface area (Å²) in [6.45, 7) is 3.51. The zero-order chi connectivity index (χ0) is 12.3. The Balaban J connectivity index is 3.21. The Kier molecular flexibility index (Phi) is 4.12. The number of carbonyl (C=O) groups excluding carboxylic acids is 1. The quantitative estimate of drug-likeness (QED) is 0.769. The molecule has 0 atom stereocenters. The van der Waals surface area contributed by atoms with E-state index in [1.165, 1.54) is 12.1 Å². The number of hydrogen-bond donors (Lipinski definition) is 0. The highest BCUT2D eigenvalue weighted by Gasteiger charge is 2.21. The zero-order valence-electron chi connectivity index (χ0n) is 9.21. The number of rotatable bonds is 3. The van der Waals surface area contributed by atoms with E-state index < -0.39 is 11.8 Å². The molecule has 1 aromatic carbocycles. The molecule has 0 radical (unpaired) electrons. The highest BCUT2D eigenvalue weighted by molar-refractivity contribution is 6.33. The normalized spacial score (nSPS) is 10.4. The van der Waals surface area contributed by atoms with Crippen LogP contribution in [0.2, 0.25) is 5.02 Å². The number of halogens is 2. The fraction of sp³-hybridized carbons (Fsp3) is 0.364. The smallest absolute Gasteiger partial charge is 0.342 e.